The third-order valence-electron chi connectivity index (χ3n) is 4.82. The molecule has 10 heteroatoms. The molecule has 0 radical (unpaired) electrons. The van der Waals surface area contributed by atoms with Crippen LogP contribution in [0.15, 0.2) is 40.0 Å². The lowest BCUT2D eigenvalue weighted by atomic mass is 10.0. The van der Waals surface area contributed by atoms with Gasteiger partial charge in [0.05, 0.1) is 7.11 Å². The number of hydrogen-bond donors (Lipinski definition) is 1. The molecule has 0 unspecified atom stereocenters. The van der Waals surface area contributed by atoms with Crippen LogP contribution < -0.4 is 4.72 Å². The largest absolute Gasteiger partial charge is 0.464 e. The first kappa shape index (κ1) is 22.1. The summed E-state index contributed by atoms with van der Waals surface area (Å²) in [5.41, 5.74) is -0.186. The van der Waals surface area contributed by atoms with E-state index in [2.05, 4.69) is 4.72 Å². The molecule has 0 saturated carbocycles. The quantitative estimate of drug-likeness (QED) is 0.719. The Kier molecular flexibility index (Phi) is 6.09. The first-order chi connectivity index (χ1) is 14.0. The topological polar surface area (TPSA) is 111 Å². The molecule has 1 saturated heterocycles. The molecule has 1 fully saturated rings. The van der Waals surface area contributed by atoms with E-state index in [1.165, 1.54) is 19.2 Å². The lowest BCUT2D eigenvalue weighted by molar-refractivity contribution is 0.0569. The predicted octanol–water partition coefficient (Wildman–Crippen LogP) is 2.42. The van der Waals surface area contributed by atoms with E-state index < -0.39 is 21.5 Å². The van der Waals surface area contributed by atoms with Crippen LogP contribution in [-0.2, 0) is 14.8 Å². The van der Waals surface area contributed by atoms with E-state index in [4.69, 9.17) is 9.15 Å². The molecule has 1 aliphatic heterocycles. The fourth-order valence-corrected chi connectivity index (χ4v) is 4.88. The molecule has 0 aliphatic carbocycles. The summed E-state index contributed by atoms with van der Waals surface area (Å²) >= 11 is 0. The number of hydrogen-bond acceptors (Lipinski definition) is 6. The molecule has 2 aromatic heterocycles. The fraction of sp³-hybridized carbons (Fsp3) is 0.500. The maximum atomic E-state index is 12.8. The van der Waals surface area contributed by atoms with Crippen LogP contribution in [0.5, 0.6) is 0 Å². The number of carbonyl (C=O) groups is 2. The highest BCUT2D eigenvalue weighted by molar-refractivity contribution is 7.89. The number of ether oxygens (including phenoxy) is 1. The number of amides is 1. The number of piperidine rings is 1. The summed E-state index contributed by atoms with van der Waals surface area (Å²) in [5, 5.41) is -0.286. The van der Waals surface area contributed by atoms with Crippen LogP contribution in [0.1, 0.15) is 60.7 Å². The molecular weight excluding hydrogens is 410 g/mol. The fourth-order valence-electron chi connectivity index (χ4n) is 3.53. The highest BCUT2D eigenvalue weighted by Gasteiger charge is 2.30. The number of likely N-dealkylation sites (tertiary alicyclic amines) is 1. The Hall–Kier alpha value is -2.59. The lowest BCUT2D eigenvalue weighted by Crippen LogP contribution is -2.40. The monoisotopic (exact) mass is 437 g/mol. The number of nitrogens with zero attached hydrogens (tertiary/aromatic N) is 2. The normalized spacial score (nSPS) is 15.9. The average molecular weight is 438 g/mol. The summed E-state index contributed by atoms with van der Waals surface area (Å²) < 4.78 is 39.3. The minimum Gasteiger partial charge on any atom is -0.464 e. The smallest absolute Gasteiger partial charge is 0.354 e. The Morgan fingerprint density at radius 3 is 2.43 bits per heavy atom. The van der Waals surface area contributed by atoms with Crippen molar-refractivity contribution in [2.75, 3.05) is 20.2 Å². The predicted molar refractivity (Wildman–Crippen MR) is 109 cm³/mol. The molecule has 0 aromatic carbocycles. The Bertz CT molecular complexity index is 1020. The molecule has 9 nitrogen and oxygen atoms in total. The van der Waals surface area contributed by atoms with Gasteiger partial charge in [-0.2, -0.15) is 0 Å². The van der Waals surface area contributed by atoms with Gasteiger partial charge >= 0.3 is 5.97 Å². The van der Waals surface area contributed by atoms with E-state index in [0.29, 0.717) is 31.6 Å². The van der Waals surface area contributed by atoms with Crippen LogP contribution in [0.25, 0.3) is 0 Å². The number of rotatable bonds is 5. The van der Waals surface area contributed by atoms with Crippen LogP contribution >= 0.6 is 0 Å². The van der Waals surface area contributed by atoms with E-state index in [-0.39, 0.29) is 22.8 Å². The molecule has 0 atom stereocenters. The maximum absolute atomic E-state index is 12.8. The van der Waals surface area contributed by atoms with Crippen molar-refractivity contribution in [1.29, 1.82) is 0 Å². The van der Waals surface area contributed by atoms with Gasteiger partial charge in [0.2, 0.25) is 5.09 Å². The van der Waals surface area contributed by atoms with Crippen molar-refractivity contribution in [3.63, 3.8) is 0 Å². The van der Waals surface area contributed by atoms with Crippen molar-refractivity contribution in [1.82, 2.24) is 14.2 Å². The number of esters is 1. The van der Waals surface area contributed by atoms with E-state index in [1.807, 2.05) is 10.8 Å². The Balaban J connectivity index is 1.66. The molecule has 3 rings (SSSR count). The molecule has 0 spiro atoms. The third-order valence-corrected chi connectivity index (χ3v) is 6.45. The summed E-state index contributed by atoms with van der Waals surface area (Å²) in [7, 11) is -2.51. The molecule has 164 valence electrons. The van der Waals surface area contributed by atoms with Crippen molar-refractivity contribution in [2.24, 2.45) is 0 Å². The average Bonchev–Trinajstić information content (AvgIpc) is 3.35. The SMILES string of the molecule is COC(=O)c1cccn1C1CCN(C(=O)c2ccc(S(=O)(=O)NC(C)(C)C)o2)CC1. The summed E-state index contributed by atoms with van der Waals surface area (Å²) in [5.74, 6) is -0.767. The molecule has 1 aliphatic rings. The second kappa shape index (κ2) is 8.27. The van der Waals surface area contributed by atoms with Gasteiger partial charge in [-0.3, -0.25) is 4.79 Å². The highest BCUT2D eigenvalue weighted by Crippen LogP contribution is 2.26. The van der Waals surface area contributed by atoms with E-state index >= 15 is 0 Å². The lowest BCUT2D eigenvalue weighted by Gasteiger charge is -2.32. The minimum atomic E-state index is -3.85. The number of nitrogens with one attached hydrogen (secondary N) is 1. The van der Waals surface area contributed by atoms with E-state index in [0.717, 1.165) is 0 Å². The van der Waals surface area contributed by atoms with Gasteiger partial charge in [0.15, 0.2) is 5.76 Å². The molecule has 2 aromatic rings. The van der Waals surface area contributed by atoms with Crippen molar-refractivity contribution >= 4 is 21.9 Å². The first-order valence-corrected chi connectivity index (χ1v) is 11.2. The molecule has 0 bridgehead atoms. The van der Waals surface area contributed by atoms with Gasteiger partial charge in [-0.1, -0.05) is 0 Å². The van der Waals surface area contributed by atoms with Crippen LogP contribution in [-0.4, -0.2) is 55.5 Å². The number of aromatic nitrogens is 1. The standard InChI is InChI=1S/C20H27N3O6S/c1-20(2,3)21-30(26,27)17-8-7-16(29-17)18(24)22-12-9-14(10-13-22)23-11-5-6-15(23)19(25)28-4/h5-8,11,14,21H,9-10,12-13H2,1-4H3. The van der Waals surface area contributed by atoms with E-state index in [9.17, 15) is 18.0 Å². The second-order valence-electron chi connectivity index (χ2n) is 8.29. The van der Waals surface area contributed by atoms with Gasteiger partial charge in [0.1, 0.15) is 5.69 Å². The van der Waals surface area contributed by atoms with Crippen LogP contribution in [0, 0.1) is 0 Å². The Morgan fingerprint density at radius 1 is 1.17 bits per heavy atom. The summed E-state index contributed by atoms with van der Waals surface area (Å²) in [6.45, 7) is 6.09. The summed E-state index contributed by atoms with van der Waals surface area (Å²) in [6, 6.07) is 6.24. The molecule has 1 amide bonds. The molecular formula is C20H27N3O6S. The van der Waals surface area contributed by atoms with E-state index in [1.54, 1.807) is 37.8 Å². The second-order valence-corrected chi connectivity index (χ2v) is 9.90. The van der Waals surface area contributed by atoms with Crippen molar-refractivity contribution < 1.29 is 27.2 Å². The Morgan fingerprint density at radius 2 is 1.83 bits per heavy atom. The molecule has 3 heterocycles. The van der Waals surface area contributed by atoms with Gasteiger partial charge in [-0.25, -0.2) is 17.9 Å². The van der Waals surface area contributed by atoms with Crippen LogP contribution in [0.4, 0.5) is 0 Å². The van der Waals surface area contributed by atoms with Gasteiger partial charge in [-0.05, 0) is 57.9 Å². The van der Waals surface area contributed by atoms with Gasteiger partial charge in [0, 0.05) is 30.9 Å². The summed E-state index contributed by atoms with van der Waals surface area (Å²) in [6.07, 6.45) is 3.14. The third kappa shape index (κ3) is 4.76. The van der Waals surface area contributed by atoms with Crippen molar-refractivity contribution in [3.8, 4) is 0 Å². The number of sulfonamides is 1. The van der Waals surface area contributed by atoms with Crippen LogP contribution in [0.2, 0.25) is 0 Å². The zero-order chi connectivity index (χ0) is 22.1. The van der Waals surface area contributed by atoms with Crippen molar-refractivity contribution in [3.05, 3.63) is 41.9 Å². The number of methoxy groups -OCH3 is 1. The maximum Gasteiger partial charge on any atom is 0.354 e. The molecule has 1 N–H and O–H groups in total. The molecule has 30 heavy (non-hydrogen) atoms. The zero-order valence-corrected chi connectivity index (χ0v) is 18.4. The summed E-state index contributed by atoms with van der Waals surface area (Å²) in [4.78, 5) is 26.3. The Labute approximate surface area is 176 Å². The first-order valence-electron chi connectivity index (χ1n) is 9.70. The van der Waals surface area contributed by atoms with Gasteiger partial charge in [0.25, 0.3) is 15.9 Å². The van der Waals surface area contributed by atoms with Crippen LogP contribution in [0.3, 0.4) is 0 Å². The van der Waals surface area contributed by atoms with Gasteiger partial charge in [-0.15, -0.1) is 0 Å². The number of carbonyl (C=O) groups excluding carboxylic acids is 2. The highest BCUT2D eigenvalue weighted by atomic mass is 32.2. The van der Waals surface area contributed by atoms with Gasteiger partial charge < -0.3 is 18.6 Å². The number of furan rings is 1. The zero-order valence-electron chi connectivity index (χ0n) is 17.5. The van der Waals surface area contributed by atoms with Crippen molar-refractivity contribution in [2.45, 2.75) is 50.3 Å². The minimum absolute atomic E-state index is 0.0149.